The SMILES string of the molecule is CCOC(=O)Cn1c2c(sc1=O)[C@@H](c1ccc(Br)cc1)[C@@H]1C(=O)N(c3ccc(OC)cc3)C(=O)[C@@H]1S2. The Bertz CT molecular complexity index is 1400. The quantitative estimate of drug-likeness (QED) is 0.317. The van der Waals surface area contributed by atoms with Crippen molar-refractivity contribution in [3.8, 4) is 5.75 Å². The summed E-state index contributed by atoms with van der Waals surface area (Å²) in [5.41, 5.74) is 1.28. The van der Waals surface area contributed by atoms with E-state index in [1.807, 2.05) is 24.3 Å². The van der Waals surface area contributed by atoms with Crippen LogP contribution in [0.3, 0.4) is 0 Å². The molecular formula is C25H21BrN2O6S2. The van der Waals surface area contributed by atoms with Gasteiger partial charge in [0.1, 0.15) is 17.5 Å². The van der Waals surface area contributed by atoms with Crippen LogP contribution in [0.15, 0.2) is 62.8 Å². The molecule has 2 amide bonds. The van der Waals surface area contributed by atoms with E-state index in [4.69, 9.17) is 9.47 Å². The van der Waals surface area contributed by atoms with Crippen LogP contribution in [0.4, 0.5) is 5.69 Å². The minimum Gasteiger partial charge on any atom is -0.497 e. The summed E-state index contributed by atoms with van der Waals surface area (Å²) in [7, 11) is 1.55. The van der Waals surface area contributed by atoms with E-state index in [9.17, 15) is 19.2 Å². The normalized spacial score (nSPS) is 20.8. The number of nitrogens with zero attached hydrogens (tertiary/aromatic N) is 2. The van der Waals surface area contributed by atoms with Crippen LogP contribution in [0.2, 0.25) is 0 Å². The number of imide groups is 1. The number of anilines is 1. The van der Waals surface area contributed by atoms with Gasteiger partial charge >= 0.3 is 10.8 Å². The molecule has 11 heteroatoms. The number of benzene rings is 2. The Morgan fingerprint density at radius 2 is 1.72 bits per heavy atom. The second-order valence-electron chi connectivity index (χ2n) is 8.23. The highest BCUT2D eigenvalue weighted by Crippen LogP contribution is 2.54. The van der Waals surface area contributed by atoms with Gasteiger partial charge in [0.15, 0.2) is 0 Å². The zero-order valence-electron chi connectivity index (χ0n) is 19.3. The fourth-order valence-electron chi connectivity index (χ4n) is 4.61. The lowest BCUT2D eigenvalue weighted by Gasteiger charge is -2.30. The first-order valence-corrected chi connectivity index (χ1v) is 13.7. The number of carbonyl (C=O) groups is 3. The van der Waals surface area contributed by atoms with Gasteiger partial charge in [-0.15, -0.1) is 0 Å². The number of carbonyl (C=O) groups excluding carboxylic acids is 3. The van der Waals surface area contributed by atoms with E-state index >= 15 is 0 Å². The van der Waals surface area contributed by atoms with Crippen LogP contribution in [0.1, 0.15) is 23.3 Å². The van der Waals surface area contributed by atoms with E-state index in [2.05, 4.69) is 15.9 Å². The minimum absolute atomic E-state index is 0.198. The smallest absolute Gasteiger partial charge is 0.326 e. The Labute approximate surface area is 223 Å². The first-order chi connectivity index (χ1) is 17.3. The molecule has 2 aliphatic heterocycles. The summed E-state index contributed by atoms with van der Waals surface area (Å²) in [5.74, 6) is -1.81. The number of aromatic nitrogens is 1. The van der Waals surface area contributed by atoms with E-state index in [1.54, 1.807) is 38.3 Å². The predicted molar refractivity (Wildman–Crippen MR) is 140 cm³/mol. The van der Waals surface area contributed by atoms with Gasteiger partial charge in [0.2, 0.25) is 11.8 Å². The number of hydrogen-bond acceptors (Lipinski definition) is 8. The maximum Gasteiger partial charge on any atom is 0.326 e. The number of amides is 2. The molecule has 1 saturated heterocycles. The van der Waals surface area contributed by atoms with Crippen molar-refractivity contribution in [3.05, 3.63) is 73.1 Å². The van der Waals surface area contributed by atoms with E-state index in [0.717, 1.165) is 21.4 Å². The summed E-state index contributed by atoms with van der Waals surface area (Å²) < 4.78 is 12.5. The maximum absolute atomic E-state index is 13.8. The van der Waals surface area contributed by atoms with E-state index < -0.39 is 23.1 Å². The van der Waals surface area contributed by atoms with Crippen molar-refractivity contribution in [2.75, 3.05) is 18.6 Å². The highest BCUT2D eigenvalue weighted by Gasteiger charge is 2.56. The van der Waals surface area contributed by atoms with Gasteiger partial charge in [0.05, 0.1) is 30.3 Å². The number of thiazole rings is 1. The third-order valence-electron chi connectivity index (χ3n) is 6.20. The lowest BCUT2D eigenvalue weighted by molar-refractivity contribution is -0.144. The van der Waals surface area contributed by atoms with Crippen molar-refractivity contribution < 1.29 is 23.9 Å². The molecule has 2 aromatic carbocycles. The van der Waals surface area contributed by atoms with Crippen LogP contribution >= 0.6 is 39.0 Å². The molecule has 1 aromatic heterocycles. The van der Waals surface area contributed by atoms with Gasteiger partial charge in [-0.2, -0.15) is 0 Å². The number of hydrogen-bond donors (Lipinski definition) is 0. The van der Waals surface area contributed by atoms with E-state index in [1.165, 1.54) is 21.2 Å². The largest absolute Gasteiger partial charge is 0.497 e. The molecule has 3 atom stereocenters. The lowest BCUT2D eigenvalue weighted by Crippen LogP contribution is -2.32. The van der Waals surface area contributed by atoms with Gasteiger partial charge in [-0.05, 0) is 48.9 Å². The topological polar surface area (TPSA) is 94.9 Å². The Morgan fingerprint density at radius 3 is 2.36 bits per heavy atom. The number of halogens is 1. The van der Waals surface area contributed by atoms with Crippen LogP contribution in [-0.4, -0.2) is 41.3 Å². The lowest BCUT2D eigenvalue weighted by atomic mass is 9.83. The number of ether oxygens (including phenoxy) is 2. The third kappa shape index (κ3) is 4.18. The Morgan fingerprint density at radius 1 is 1.03 bits per heavy atom. The summed E-state index contributed by atoms with van der Waals surface area (Å²) in [5, 5.41) is -0.215. The molecule has 0 N–H and O–H groups in total. The van der Waals surface area contributed by atoms with Crippen molar-refractivity contribution >= 4 is 62.5 Å². The second kappa shape index (κ2) is 9.87. The molecule has 8 nitrogen and oxygen atoms in total. The van der Waals surface area contributed by atoms with Crippen molar-refractivity contribution in [3.63, 3.8) is 0 Å². The standard InChI is InChI=1S/C25H21BrN2O6S2/c1-3-34-17(29)12-27-24-21(36-25(27)32)18(13-4-6-14(26)7-5-13)19-20(35-24)23(31)28(22(19)30)15-8-10-16(33-2)11-9-15/h4-11,18-20H,3,12H2,1-2H3/t18-,19-,20+/m0/s1. The van der Waals surface area contributed by atoms with Crippen molar-refractivity contribution in [1.82, 2.24) is 4.57 Å². The van der Waals surface area contributed by atoms with Gasteiger partial charge in [0, 0.05) is 15.3 Å². The molecule has 3 aromatic rings. The molecule has 186 valence electrons. The number of methoxy groups -OCH3 is 1. The first kappa shape index (κ1) is 24.8. The predicted octanol–water partition coefficient (Wildman–Crippen LogP) is 4.04. The van der Waals surface area contributed by atoms with Gasteiger partial charge < -0.3 is 9.47 Å². The highest BCUT2D eigenvalue weighted by molar-refractivity contribution is 9.10. The molecule has 0 saturated carbocycles. The molecule has 0 radical (unpaired) electrons. The van der Waals surface area contributed by atoms with Gasteiger partial charge in [-0.1, -0.05) is 51.2 Å². The fraction of sp³-hybridized carbons (Fsp3) is 0.280. The number of fused-ring (bicyclic) bond motifs is 2. The summed E-state index contributed by atoms with van der Waals surface area (Å²) in [4.78, 5) is 54.3. The van der Waals surface area contributed by atoms with Crippen LogP contribution < -0.4 is 14.5 Å². The molecule has 2 aliphatic rings. The molecular weight excluding hydrogens is 568 g/mol. The molecule has 0 bridgehead atoms. The minimum atomic E-state index is -0.747. The van der Waals surface area contributed by atoms with Crippen LogP contribution in [0.5, 0.6) is 5.75 Å². The fourth-order valence-corrected chi connectivity index (χ4v) is 7.64. The Kier molecular flexibility index (Phi) is 6.80. The molecule has 0 spiro atoms. The average molecular weight is 589 g/mol. The molecule has 36 heavy (non-hydrogen) atoms. The van der Waals surface area contributed by atoms with Crippen molar-refractivity contribution in [2.45, 2.75) is 29.7 Å². The van der Waals surface area contributed by atoms with Gasteiger partial charge in [-0.3, -0.25) is 23.7 Å². The Balaban J connectivity index is 1.62. The molecule has 0 unspecified atom stereocenters. The van der Waals surface area contributed by atoms with E-state index in [0.29, 0.717) is 21.3 Å². The van der Waals surface area contributed by atoms with E-state index in [-0.39, 0.29) is 29.8 Å². The van der Waals surface area contributed by atoms with Crippen LogP contribution in [0.25, 0.3) is 0 Å². The summed E-state index contributed by atoms with van der Waals surface area (Å²) in [6.07, 6.45) is 0. The number of rotatable bonds is 6. The van der Waals surface area contributed by atoms with Gasteiger partial charge in [0.25, 0.3) is 0 Å². The summed E-state index contributed by atoms with van der Waals surface area (Å²) in [6.45, 7) is 1.65. The maximum atomic E-state index is 13.8. The summed E-state index contributed by atoms with van der Waals surface area (Å²) >= 11 is 5.62. The van der Waals surface area contributed by atoms with Crippen LogP contribution in [-0.2, 0) is 25.7 Å². The van der Waals surface area contributed by atoms with Crippen molar-refractivity contribution in [1.29, 1.82) is 0 Å². The second-order valence-corrected chi connectivity index (χ2v) is 11.3. The van der Waals surface area contributed by atoms with Crippen LogP contribution in [0, 0.1) is 5.92 Å². The highest BCUT2D eigenvalue weighted by atomic mass is 79.9. The number of esters is 1. The monoisotopic (exact) mass is 588 g/mol. The third-order valence-corrected chi connectivity index (χ3v) is 9.33. The molecule has 5 rings (SSSR count). The average Bonchev–Trinajstić information content (AvgIpc) is 3.31. The summed E-state index contributed by atoms with van der Waals surface area (Å²) in [6, 6.07) is 14.3. The molecule has 0 aliphatic carbocycles. The molecule has 1 fully saturated rings. The Hall–Kier alpha value is -2.89. The zero-order chi connectivity index (χ0) is 25.6. The zero-order valence-corrected chi connectivity index (χ0v) is 22.5. The first-order valence-electron chi connectivity index (χ1n) is 11.2. The number of thioether (sulfide) groups is 1. The van der Waals surface area contributed by atoms with Crippen molar-refractivity contribution in [2.24, 2.45) is 5.92 Å². The molecule has 3 heterocycles. The van der Waals surface area contributed by atoms with Gasteiger partial charge in [-0.25, -0.2) is 4.90 Å².